The summed E-state index contributed by atoms with van der Waals surface area (Å²) in [7, 11) is -4.02. The summed E-state index contributed by atoms with van der Waals surface area (Å²) in [5.74, 6) is -0.543. The summed E-state index contributed by atoms with van der Waals surface area (Å²) in [4.78, 5) is 12.3. The van der Waals surface area contributed by atoms with Crippen LogP contribution in [0.3, 0.4) is 0 Å². The second-order valence-corrected chi connectivity index (χ2v) is 8.24. The van der Waals surface area contributed by atoms with Gasteiger partial charge in [-0.05, 0) is 48.4 Å². The Hall–Kier alpha value is -3.37. The molecule has 3 aromatic carbocycles. The molecule has 3 rings (SSSR count). The normalized spacial score (nSPS) is 11.8. The van der Waals surface area contributed by atoms with Crippen molar-refractivity contribution in [3.05, 3.63) is 77.9 Å². The molecule has 3 aromatic rings. The molecule has 0 aromatic heterocycles. The van der Waals surface area contributed by atoms with Gasteiger partial charge < -0.3 is 10.1 Å². The molecule has 0 bridgehead atoms. The fourth-order valence-corrected chi connectivity index (χ4v) is 3.73. The number of nitrogens with two attached hydrogens (primary N) is 1. The van der Waals surface area contributed by atoms with Gasteiger partial charge in [0.1, 0.15) is 10.6 Å². The van der Waals surface area contributed by atoms with Crippen molar-refractivity contribution in [3.63, 3.8) is 0 Å². The number of halogens is 3. The number of alkyl halides is 3. The Morgan fingerprint density at radius 2 is 1.69 bits per heavy atom. The summed E-state index contributed by atoms with van der Waals surface area (Å²) in [5.41, 5.74) is 0.0113. The SMILES string of the molecule is CCOc1cc(NC(=O)c2ccc(-c3ccccc3C(F)(F)F)cc2)ccc1S(N)(=O)=O. The van der Waals surface area contributed by atoms with Crippen LogP contribution in [0.15, 0.2) is 71.6 Å². The monoisotopic (exact) mass is 464 g/mol. The lowest BCUT2D eigenvalue weighted by Gasteiger charge is -2.13. The summed E-state index contributed by atoms with van der Waals surface area (Å²) in [5, 5.41) is 7.76. The molecule has 0 fully saturated rings. The summed E-state index contributed by atoms with van der Waals surface area (Å²) in [6, 6.07) is 14.7. The summed E-state index contributed by atoms with van der Waals surface area (Å²) in [6.07, 6.45) is -4.51. The fourth-order valence-electron chi connectivity index (χ4n) is 3.08. The van der Waals surface area contributed by atoms with E-state index in [0.717, 1.165) is 6.07 Å². The molecule has 0 heterocycles. The maximum Gasteiger partial charge on any atom is 0.417 e. The van der Waals surface area contributed by atoms with E-state index in [-0.39, 0.29) is 34.1 Å². The molecule has 10 heteroatoms. The third-order valence-corrected chi connectivity index (χ3v) is 5.45. The summed E-state index contributed by atoms with van der Waals surface area (Å²) in [6.45, 7) is 1.84. The Balaban J connectivity index is 1.84. The van der Waals surface area contributed by atoms with Crippen molar-refractivity contribution in [2.24, 2.45) is 5.14 Å². The number of nitrogens with one attached hydrogen (secondary N) is 1. The number of rotatable bonds is 6. The van der Waals surface area contributed by atoms with Gasteiger partial charge in [0, 0.05) is 17.3 Å². The molecule has 168 valence electrons. The maximum atomic E-state index is 13.3. The average molecular weight is 464 g/mol. The van der Waals surface area contributed by atoms with Crippen molar-refractivity contribution in [2.45, 2.75) is 18.0 Å². The number of amides is 1. The largest absolute Gasteiger partial charge is 0.492 e. The van der Waals surface area contributed by atoms with Gasteiger partial charge in [-0.2, -0.15) is 13.2 Å². The van der Waals surface area contributed by atoms with E-state index >= 15 is 0 Å². The number of ether oxygens (including phenoxy) is 1. The third-order valence-electron chi connectivity index (χ3n) is 4.50. The van der Waals surface area contributed by atoms with Crippen LogP contribution in [0.2, 0.25) is 0 Å². The first-order valence-electron chi connectivity index (χ1n) is 9.38. The van der Waals surface area contributed by atoms with Crippen LogP contribution in [0.25, 0.3) is 11.1 Å². The Morgan fingerprint density at radius 3 is 2.28 bits per heavy atom. The molecule has 0 aliphatic rings. The number of hydrogen-bond acceptors (Lipinski definition) is 4. The molecule has 0 radical (unpaired) electrons. The molecule has 32 heavy (non-hydrogen) atoms. The highest BCUT2D eigenvalue weighted by Gasteiger charge is 2.33. The number of sulfonamides is 1. The van der Waals surface area contributed by atoms with E-state index in [9.17, 15) is 26.4 Å². The third kappa shape index (κ3) is 5.27. The first-order chi connectivity index (χ1) is 15.0. The number of primary sulfonamides is 1. The van der Waals surface area contributed by atoms with Gasteiger partial charge in [-0.1, -0.05) is 30.3 Å². The second kappa shape index (κ2) is 9.01. The molecule has 0 aliphatic carbocycles. The van der Waals surface area contributed by atoms with Crippen molar-refractivity contribution < 1.29 is 31.1 Å². The van der Waals surface area contributed by atoms with Gasteiger partial charge in [0.05, 0.1) is 12.2 Å². The van der Waals surface area contributed by atoms with Crippen LogP contribution in [0.1, 0.15) is 22.8 Å². The molecule has 3 N–H and O–H groups in total. The molecule has 0 saturated carbocycles. The fraction of sp³-hybridized carbons (Fsp3) is 0.136. The van der Waals surface area contributed by atoms with Crippen molar-refractivity contribution >= 4 is 21.6 Å². The predicted molar refractivity (Wildman–Crippen MR) is 114 cm³/mol. The Labute approximate surface area is 182 Å². The lowest BCUT2D eigenvalue weighted by atomic mass is 9.98. The Morgan fingerprint density at radius 1 is 1.03 bits per heavy atom. The quantitative estimate of drug-likeness (QED) is 0.554. The van der Waals surface area contributed by atoms with Crippen LogP contribution in [0, 0.1) is 0 Å². The van der Waals surface area contributed by atoms with E-state index < -0.39 is 27.7 Å². The van der Waals surface area contributed by atoms with Crippen molar-refractivity contribution in [2.75, 3.05) is 11.9 Å². The van der Waals surface area contributed by atoms with E-state index in [1.165, 1.54) is 60.7 Å². The number of carbonyl (C=O) groups excluding carboxylic acids is 1. The summed E-state index contributed by atoms with van der Waals surface area (Å²) < 4.78 is 68.4. The number of benzene rings is 3. The molecule has 6 nitrogen and oxygen atoms in total. The maximum absolute atomic E-state index is 13.3. The lowest BCUT2D eigenvalue weighted by molar-refractivity contribution is -0.137. The van der Waals surface area contributed by atoms with Crippen LogP contribution in [-0.4, -0.2) is 20.9 Å². The topological polar surface area (TPSA) is 98.5 Å². The zero-order valence-electron chi connectivity index (χ0n) is 16.8. The highest BCUT2D eigenvalue weighted by Crippen LogP contribution is 2.37. The van der Waals surface area contributed by atoms with E-state index in [4.69, 9.17) is 9.88 Å². The zero-order chi connectivity index (χ0) is 23.5. The van der Waals surface area contributed by atoms with Gasteiger partial charge in [0.25, 0.3) is 5.91 Å². The summed E-state index contributed by atoms with van der Waals surface area (Å²) >= 11 is 0. The van der Waals surface area contributed by atoms with Gasteiger partial charge in [-0.25, -0.2) is 13.6 Å². The average Bonchev–Trinajstić information content (AvgIpc) is 2.73. The lowest BCUT2D eigenvalue weighted by Crippen LogP contribution is -2.15. The second-order valence-electron chi connectivity index (χ2n) is 6.71. The molecule has 0 saturated heterocycles. The minimum Gasteiger partial charge on any atom is -0.492 e. The number of hydrogen-bond donors (Lipinski definition) is 2. The van der Waals surface area contributed by atoms with Gasteiger partial charge in [0.15, 0.2) is 0 Å². The van der Waals surface area contributed by atoms with Gasteiger partial charge in [-0.3, -0.25) is 4.79 Å². The van der Waals surface area contributed by atoms with Crippen LogP contribution >= 0.6 is 0 Å². The predicted octanol–water partition coefficient (Wildman–Crippen LogP) is 4.67. The van der Waals surface area contributed by atoms with Gasteiger partial charge in [0.2, 0.25) is 10.0 Å². The first kappa shape index (κ1) is 23.3. The zero-order valence-corrected chi connectivity index (χ0v) is 17.6. The minimum atomic E-state index is -4.51. The molecule has 0 aliphatic heterocycles. The van der Waals surface area contributed by atoms with E-state index in [1.807, 2.05) is 0 Å². The van der Waals surface area contributed by atoms with E-state index in [1.54, 1.807) is 6.92 Å². The van der Waals surface area contributed by atoms with Gasteiger partial charge >= 0.3 is 6.18 Å². The van der Waals surface area contributed by atoms with E-state index in [2.05, 4.69) is 5.32 Å². The van der Waals surface area contributed by atoms with Crippen LogP contribution in [-0.2, 0) is 16.2 Å². The van der Waals surface area contributed by atoms with Crippen molar-refractivity contribution in [3.8, 4) is 16.9 Å². The van der Waals surface area contributed by atoms with Crippen molar-refractivity contribution in [1.82, 2.24) is 0 Å². The first-order valence-corrected chi connectivity index (χ1v) is 10.9. The smallest absolute Gasteiger partial charge is 0.417 e. The minimum absolute atomic E-state index is 0.00639. The Kier molecular flexibility index (Phi) is 6.56. The highest BCUT2D eigenvalue weighted by atomic mass is 32.2. The van der Waals surface area contributed by atoms with Crippen molar-refractivity contribution in [1.29, 1.82) is 0 Å². The van der Waals surface area contributed by atoms with Crippen LogP contribution < -0.4 is 15.2 Å². The van der Waals surface area contributed by atoms with Crippen LogP contribution in [0.4, 0.5) is 18.9 Å². The number of carbonyl (C=O) groups is 1. The van der Waals surface area contributed by atoms with E-state index in [0.29, 0.717) is 5.56 Å². The van der Waals surface area contributed by atoms with Crippen LogP contribution in [0.5, 0.6) is 5.75 Å². The Bertz CT molecular complexity index is 1240. The molecule has 0 atom stereocenters. The molecular weight excluding hydrogens is 445 g/mol. The molecule has 1 amide bonds. The molecule has 0 spiro atoms. The number of anilines is 1. The van der Waals surface area contributed by atoms with Gasteiger partial charge in [-0.15, -0.1) is 0 Å². The molecule has 0 unspecified atom stereocenters. The molecular formula is C22H19F3N2O4S. The highest BCUT2D eigenvalue weighted by molar-refractivity contribution is 7.89. The standard InChI is InChI=1S/C22H19F3N2O4S/c1-2-31-19-13-16(11-12-20(19)32(26,29)30)27-21(28)15-9-7-14(8-10-15)17-5-3-4-6-18(17)22(23,24)25/h3-13H,2H2,1H3,(H,27,28)(H2,26,29,30).